The normalized spacial score (nSPS) is 27.3. The number of thioether (sulfide) groups is 1. The summed E-state index contributed by atoms with van der Waals surface area (Å²) in [4.78, 5) is 24.3. The van der Waals surface area contributed by atoms with Crippen molar-refractivity contribution in [2.75, 3.05) is 11.6 Å². The van der Waals surface area contributed by atoms with Crippen molar-refractivity contribution in [1.29, 1.82) is 0 Å². The second-order valence-corrected chi connectivity index (χ2v) is 5.67. The third kappa shape index (κ3) is 2.11. The summed E-state index contributed by atoms with van der Waals surface area (Å²) in [5.41, 5.74) is -0.118. The molecule has 1 atom stereocenters. The molecule has 2 fully saturated rings. The topological polar surface area (TPSA) is 69.6 Å². The summed E-state index contributed by atoms with van der Waals surface area (Å²) in [5.74, 6) is 0.0390. The highest BCUT2D eigenvalue weighted by molar-refractivity contribution is 7.99. The minimum absolute atomic E-state index is 0.118. The van der Waals surface area contributed by atoms with Crippen LogP contribution in [0.5, 0.6) is 0 Å². The van der Waals surface area contributed by atoms with Crippen molar-refractivity contribution < 1.29 is 14.7 Å². The van der Waals surface area contributed by atoms with Crippen molar-refractivity contribution in [2.45, 2.75) is 37.8 Å². The quantitative estimate of drug-likeness (QED) is 0.763. The monoisotopic (exact) mass is 244 g/mol. The number of carboxylic acids is 1. The average molecular weight is 244 g/mol. The van der Waals surface area contributed by atoms with Crippen LogP contribution in [0.3, 0.4) is 0 Å². The second kappa shape index (κ2) is 4.16. The first-order valence-corrected chi connectivity index (χ1v) is 6.57. The van der Waals surface area contributed by atoms with E-state index in [1.807, 2.05) is 6.92 Å². The van der Waals surface area contributed by atoms with E-state index in [4.69, 9.17) is 5.11 Å². The van der Waals surface area contributed by atoms with E-state index in [-0.39, 0.29) is 11.6 Å². The largest absolute Gasteiger partial charge is 0.480 e. The Labute approximate surface area is 98.6 Å². The highest BCUT2D eigenvalue weighted by Gasteiger charge is 2.39. The van der Waals surface area contributed by atoms with Crippen molar-refractivity contribution in [3.05, 3.63) is 0 Å². The highest BCUT2D eigenvalue weighted by Crippen LogP contribution is 2.31. The van der Waals surface area contributed by atoms with Gasteiger partial charge >= 0.3 is 12.0 Å². The van der Waals surface area contributed by atoms with E-state index in [1.165, 1.54) is 16.7 Å². The van der Waals surface area contributed by atoms with Gasteiger partial charge in [-0.3, -0.25) is 0 Å². The molecule has 1 aliphatic heterocycles. The number of rotatable bonds is 2. The highest BCUT2D eigenvalue weighted by atomic mass is 32.2. The number of hydrogen-bond acceptors (Lipinski definition) is 3. The molecule has 2 amide bonds. The molecule has 90 valence electrons. The number of aliphatic carboxylic acids is 1. The van der Waals surface area contributed by atoms with Crippen LogP contribution in [0.2, 0.25) is 0 Å². The maximum atomic E-state index is 11.9. The van der Waals surface area contributed by atoms with Gasteiger partial charge in [-0.15, -0.1) is 11.8 Å². The fraction of sp³-hybridized carbons (Fsp3) is 0.800. The minimum atomic E-state index is -0.918. The van der Waals surface area contributed by atoms with Gasteiger partial charge in [0.15, 0.2) is 0 Å². The van der Waals surface area contributed by atoms with Crippen molar-refractivity contribution in [1.82, 2.24) is 10.2 Å². The average Bonchev–Trinajstić information content (AvgIpc) is 2.63. The number of carbonyl (C=O) groups excluding carboxylic acids is 1. The smallest absolute Gasteiger partial charge is 0.327 e. The standard InChI is InChI=1S/C10H16N2O3S/c1-10(3-2-4-10)11-9(15)12-6-16-5-7(12)8(13)14/h7H,2-6H2,1H3,(H,11,15)(H,13,14)/t7-/m0/s1. The van der Waals surface area contributed by atoms with Gasteiger partial charge in [-0.2, -0.15) is 0 Å². The second-order valence-electron chi connectivity index (χ2n) is 4.67. The first kappa shape index (κ1) is 11.6. The van der Waals surface area contributed by atoms with Gasteiger partial charge in [-0.1, -0.05) is 0 Å². The molecule has 6 heteroatoms. The molecule has 1 saturated carbocycles. The Hall–Kier alpha value is -0.910. The van der Waals surface area contributed by atoms with Crippen LogP contribution in [-0.4, -0.2) is 45.2 Å². The van der Waals surface area contributed by atoms with Gasteiger partial charge in [0.1, 0.15) is 6.04 Å². The van der Waals surface area contributed by atoms with Crippen LogP contribution < -0.4 is 5.32 Å². The van der Waals surface area contributed by atoms with E-state index in [0.717, 1.165) is 19.3 Å². The lowest BCUT2D eigenvalue weighted by atomic mass is 9.79. The summed E-state index contributed by atoms with van der Waals surface area (Å²) in [7, 11) is 0. The lowest BCUT2D eigenvalue weighted by Gasteiger charge is -2.40. The van der Waals surface area contributed by atoms with Crippen LogP contribution in [0.25, 0.3) is 0 Å². The van der Waals surface area contributed by atoms with Gasteiger partial charge in [-0.25, -0.2) is 9.59 Å². The summed E-state index contributed by atoms with van der Waals surface area (Å²) in [6.45, 7) is 2.01. The molecule has 1 aliphatic carbocycles. The first-order valence-electron chi connectivity index (χ1n) is 5.41. The Morgan fingerprint density at radius 2 is 2.19 bits per heavy atom. The molecule has 0 bridgehead atoms. The maximum Gasteiger partial charge on any atom is 0.327 e. The molecule has 2 N–H and O–H groups in total. The molecule has 0 radical (unpaired) electrons. The van der Waals surface area contributed by atoms with Gasteiger partial charge in [0.25, 0.3) is 0 Å². The van der Waals surface area contributed by atoms with Gasteiger partial charge in [0.05, 0.1) is 5.88 Å². The fourth-order valence-electron chi connectivity index (χ4n) is 2.01. The van der Waals surface area contributed by atoms with Crippen LogP contribution in [0.1, 0.15) is 26.2 Å². The molecular weight excluding hydrogens is 228 g/mol. The Morgan fingerprint density at radius 3 is 2.69 bits per heavy atom. The van der Waals surface area contributed by atoms with E-state index >= 15 is 0 Å². The summed E-state index contributed by atoms with van der Waals surface area (Å²) in [6.07, 6.45) is 3.10. The fourth-order valence-corrected chi connectivity index (χ4v) is 3.15. The maximum absolute atomic E-state index is 11.9. The molecule has 0 aromatic heterocycles. The summed E-state index contributed by atoms with van der Waals surface area (Å²) in [6, 6.07) is -0.909. The number of amides is 2. The molecule has 1 saturated heterocycles. The molecule has 1 heterocycles. The Morgan fingerprint density at radius 1 is 1.50 bits per heavy atom. The van der Waals surface area contributed by atoms with Crippen LogP contribution in [0.4, 0.5) is 4.79 Å². The Kier molecular flexibility index (Phi) is 3.01. The van der Waals surface area contributed by atoms with Crippen molar-refractivity contribution in [2.24, 2.45) is 0 Å². The Bertz CT molecular complexity index is 317. The van der Waals surface area contributed by atoms with Crippen molar-refractivity contribution >= 4 is 23.8 Å². The SMILES string of the molecule is CC1(NC(=O)N2CSC[C@H]2C(=O)O)CCC1. The number of nitrogens with zero attached hydrogens (tertiary/aromatic N) is 1. The third-order valence-corrected chi connectivity index (χ3v) is 4.31. The molecule has 2 rings (SSSR count). The molecule has 0 spiro atoms. The van der Waals surface area contributed by atoms with E-state index in [1.54, 1.807) is 0 Å². The van der Waals surface area contributed by atoms with E-state index in [2.05, 4.69) is 5.32 Å². The van der Waals surface area contributed by atoms with E-state index in [0.29, 0.717) is 11.6 Å². The Balaban J connectivity index is 1.95. The van der Waals surface area contributed by atoms with Crippen molar-refractivity contribution in [3.63, 3.8) is 0 Å². The zero-order valence-corrected chi connectivity index (χ0v) is 10.0. The zero-order valence-electron chi connectivity index (χ0n) is 9.23. The number of urea groups is 1. The molecule has 0 unspecified atom stereocenters. The number of carboxylic acid groups (broad SMARTS) is 1. The van der Waals surface area contributed by atoms with Crippen LogP contribution in [0.15, 0.2) is 0 Å². The number of carbonyl (C=O) groups is 2. The minimum Gasteiger partial charge on any atom is -0.480 e. The van der Waals surface area contributed by atoms with Crippen molar-refractivity contribution in [3.8, 4) is 0 Å². The lowest BCUT2D eigenvalue weighted by molar-refractivity contribution is -0.140. The van der Waals surface area contributed by atoms with Crippen LogP contribution in [0, 0.1) is 0 Å². The van der Waals surface area contributed by atoms with Crippen LogP contribution >= 0.6 is 11.8 Å². The third-order valence-electron chi connectivity index (χ3n) is 3.29. The number of hydrogen-bond donors (Lipinski definition) is 2. The molecule has 0 aromatic carbocycles. The summed E-state index contributed by atoms with van der Waals surface area (Å²) in [5, 5.41) is 11.9. The summed E-state index contributed by atoms with van der Waals surface area (Å²) >= 11 is 1.48. The molecule has 0 aromatic rings. The lowest BCUT2D eigenvalue weighted by Crippen LogP contribution is -2.57. The first-order chi connectivity index (χ1) is 7.52. The van der Waals surface area contributed by atoms with Gasteiger partial charge in [-0.05, 0) is 26.2 Å². The van der Waals surface area contributed by atoms with Gasteiger partial charge in [0, 0.05) is 11.3 Å². The molecule has 5 nitrogen and oxygen atoms in total. The van der Waals surface area contributed by atoms with Crippen LogP contribution in [-0.2, 0) is 4.79 Å². The summed E-state index contributed by atoms with van der Waals surface area (Å²) < 4.78 is 0. The van der Waals surface area contributed by atoms with E-state index in [9.17, 15) is 9.59 Å². The zero-order chi connectivity index (χ0) is 11.8. The number of nitrogens with one attached hydrogen (secondary N) is 1. The molecular formula is C10H16N2O3S. The predicted octanol–water partition coefficient (Wildman–Crippen LogP) is 1.10. The molecule has 16 heavy (non-hydrogen) atoms. The van der Waals surface area contributed by atoms with Gasteiger partial charge in [0.2, 0.25) is 0 Å². The van der Waals surface area contributed by atoms with E-state index < -0.39 is 12.0 Å². The van der Waals surface area contributed by atoms with Gasteiger partial charge < -0.3 is 15.3 Å². The molecule has 2 aliphatic rings. The predicted molar refractivity (Wildman–Crippen MR) is 61.4 cm³/mol.